The highest BCUT2D eigenvalue weighted by atomic mass is 16.2. The van der Waals surface area contributed by atoms with Gasteiger partial charge in [0, 0.05) is 24.8 Å². The Bertz CT molecular complexity index is 1020. The third-order valence-electron chi connectivity index (χ3n) is 5.65. The maximum atomic E-state index is 13.5. The van der Waals surface area contributed by atoms with Crippen molar-refractivity contribution >= 4 is 11.8 Å². The van der Waals surface area contributed by atoms with Gasteiger partial charge in [0.15, 0.2) is 0 Å². The van der Waals surface area contributed by atoms with E-state index in [-0.39, 0.29) is 12.5 Å². The lowest BCUT2D eigenvalue weighted by molar-refractivity contribution is -0.125. The average Bonchev–Trinajstić information content (AvgIpc) is 2.79. The Labute approximate surface area is 170 Å². The van der Waals surface area contributed by atoms with E-state index in [9.17, 15) is 9.59 Å². The summed E-state index contributed by atoms with van der Waals surface area (Å²) >= 11 is 0. The zero-order valence-electron chi connectivity index (χ0n) is 16.1. The molecule has 1 unspecified atom stereocenters. The van der Waals surface area contributed by atoms with E-state index in [4.69, 9.17) is 5.73 Å². The van der Waals surface area contributed by atoms with Gasteiger partial charge in [-0.3, -0.25) is 14.6 Å². The van der Waals surface area contributed by atoms with Crippen LogP contribution in [0.1, 0.15) is 28.9 Å². The number of hydrogen-bond donors (Lipinski definition) is 1. The van der Waals surface area contributed by atoms with Gasteiger partial charge in [0.1, 0.15) is 5.41 Å². The largest absolute Gasteiger partial charge is 0.369 e. The second-order valence-corrected chi connectivity index (χ2v) is 7.40. The molecule has 5 nitrogen and oxygen atoms in total. The zero-order chi connectivity index (χ0) is 20.3. The zero-order valence-corrected chi connectivity index (χ0v) is 16.1. The molecule has 0 spiro atoms. The second-order valence-electron chi connectivity index (χ2n) is 7.40. The Morgan fingerprint density at radius 2 is 1.66 bits per heavy atom. The van der Waals surface area contributed by atoms with E-state index >= 15 is 0 Å². The van der Waals surface area contributed by atoms with Gasteiger partial charge in [-0.05, 0) is 42.2 Å². The monoisotopic (exact) mass is 385 g/mol. The van der Waals surface area contributed by atoms with Crippen LogP contribution >= 0.6 is 0 Å². The topological polar surface area (TPSA) is 76.3 Å². The number of piperidine rings is 1. The van der Waals surface area contributed by atoms with Crippen LogP contribution in [0.25, 0.3) is 11.1 Å². The van der Waals surface area contributed by atoms with Crippen molar-refractivity contribution in [3.63, 3.8) is 0 Å². The minimum atomic E-state index is -0.961. The number of likely N-dealkylation sites (tertiary alicyclic amines) is 1. The van der Waals surface area contributed by atoms with Gasteiger partial charge in [-0.25, -0.2) is 0 Å². The normalized spacial score (nSPS) is 19.0. The number of nitrogens with zero attached hydrogens (tertiary/aromatic N) is 2. The molecule has 1 fully saturated rings. The minimum Gasteiger partial charge on any atom is -0.369 e. The molecular weight excluding hydrogens is 362 g/mol. The van der Waals surface area contributed by atoms with Crippen molar-refractivity contribution in [2.45, 2.75) is 18.3 Å². The first-order chi connectivity index (χ1) is 14.1. The molecule has 0 saturated carbocycles. The van der Waals surface area contributed by atoms with Crippen LogP contribution in [0.4, 0.5) is 0 Å². The van der Waals surface area contributed by atoms with Gasteiger partial charge < -0.3 is 10.6 Å². The van der Waals surface area contributed by atoms with Gasteiger partial charge >= 0.3 is 0 Å². The molecule has 4 rings (SSSR count). The van der Waals surface area contributed by atoms with Crippen LogP contribution in [0.3, 0.4) is 0 Å². The molecule has 146 valence electrons. The molecule has 2 aromatic carbocycles. The number of primary amides is 1. The fourth-order valence-corrected chi connectivity index (χ4v) is 4.12. The van der Waals surface area contributed by atoms with E-state index < -0.39 is 11.3 Å². The van der Waals surface area contributed by atoms with Crippen molar-refractivity contribution in [2.75, 3.05) is 13.1 Å². The third kappa shape index (κ3) is 3.51. The molecule has 1 saturated heterocycles. The maximum Gasteiger partial charge on any atom is 0.254 e. The van der Waals surface area contributed by atoms with Crippen LogP contribution in [0.15, 0.2) is 79.0 Å². The highest BCUT2D eigenvalue weighted by Crippen LogP contribution is 2.34. The second kappa shape index (κ2) is 7.87. The lowest BCUT2D eigenvalue weighted by atomic mass is 9.75. The number of nitrogens with two attached hydrogens (primary N) is 1. The van der Waals surface area contributed by atoms with Crippen molar-refractivity contribution < 1.29 is 9.59 Å². The number of carbonyl (C=O) groups is 2. The van der Waals surface area contributed by atoms with Crippen molar-refractivity contribution in [1.82, 2.24) is 9.88 Å². The van der Waals surface area contributed by atoms with Crippen LogP contribution in [0.2, 0.25) is 0 Å². The molecule has 1 aliphatic heterocycles. The number of hydrogen-bond acceptors (Lipinski definition) is 3. The summed E-state index contributed by atoms with van der Waals surface area (Å²) in [5.74, 6) is -0.532. The average molecular weight is 385 g/mol. The summed E-state index contributed by atoms with van der Waals surface area (Å²) in [6.45, 7) is 0.825. The first-order valence-corrected chi connectivity index (χ1v) is 9.77. The molecule has 1 atom stereocenters. The Morgan fingerprint density at radius 3 is 2.38 bits per heavy atom. The van der Waals surface area contributed by atoms with Gasteiger partial charge in [0.25, 0.3) is 5.91 Å². The first-order valence-electron chi connectivity index (χ1n) is 9.77. The molecular formula is C24H23N3O2. The standard InChI is InChI=1S/C24H23N3O2/c25-23(29)24(21-13-6-7-15-26-21)14-8-16-27(17-24)22(28)20-12-5-4-11-19(20)18-9-2-1-3-10-18/h1-7,9-13,15H,8,14,16-17H2,(H2,25,29). The fourth-order valence-electron chi connectivity index (χ4n) is 4.12. The van der Waals surface area contributed by atoms with E-state index in [1.165, 1.54) is 0 Å². The molecule has 1 aromatic heterocycles. The van der Waals surface area contributed by atoms with Gasteiger partial charge in [0.05, 0.1) is 5.69 Å². The van der Waals surface area contributed by atoms with E-state index in [1.807, 2.05) is 66.7 Å². The van der Waals surface area contributed by atoms with Crippen LogP contribution in [-0.4, -0.2) is 34.8 Å². The maximum absolute atomic E-state index is 13.5. The number of benzene rings is 2. The molecule has 5 heteroatoms. The minimum absolute atomic E-state index is 0.0919. The van der Waals surface area contributed by atoms with Crippen molar-refractivity contribution in [2.24, 2.45) is 5.73 Å². The fraction of sp³-hybridized carbons (Fsp3) is 0.208. The lowest BCUT2D eigenvalue weighted by Gasteiger charge is -2.40. The number of pyridine rings is 1. The molecule has 2 N–H and O–H groups in total. The van der Waals surface area contributed by atoms with Gasteiger partial charge in [-0.15, -0.1) is 0 Å². The summed E-state index contributed by atoms with van der Waals surface area (Å²) in [6.07, 6.45) is 2.94. The Balaban J connectivity index is 1.70. The first kappa shape index (κ1) is 18.9. The highest BCUT2D eigenvalue weighted by molar-refractivity contribution is 6.01. The summed E-state index contributed by atoms with van der Waals surface area (Å²) in [5.41, 5.74) is 8.00. The Hall–Kier alpha value is -3.47. The number of rotatable bonds is 4. The SMILES string of the molecule is NC(=O)C1(c2ccccn2)CCCN(C(=O)c2ccccc2-c2ccccc2)C1. The van der Waals surface area contributed by atoms with Crippen LogP contribution in [-0.2, 0) is 10.2 Å². The molecule has 1 aliphatic rings. The third-order valence-corrected chi connectivity index (χ3v) is 5.65. The van der Waals surface area contributed by atoms with E-state index in [0.717, 1.165) is 11.1 Å². The summed E-state index contributed by atoms with van der Waals surface area (Å²) in [4.78, 5) is 32.1. The van der Waals surface area contributed by atoms with Crippen LogP contribution in [0.5, 0.6) is 0 Å². The lowest BCUT2D eigenvalue weighted by Crippen LogP contribution is -2.55. The molecule has 0 radical (unpaired) electrons. The summed E-state index contributed by atoms with van der Waals surface area (Å²) in [5, 5.41) is 0. The molecule has 0 bridgehead atoms. The molecule has 29 heavy (non-hydrogen) atoms. The van der Waals surface area contributed by atoms with Gasteiger partial charge in [0.2, 0.25) is 5.91 Å². The predicted molar refractivity (Wildman–Crippen MR) is 112 cm³/mol. The Morgan fingerprint density at radius 1 is 0.931 bits per heavy atom. The highest BCUT2D eigenvalue weighted by Gasteiger charge is 2.45. The molecule has 3 aromatic rings. The van der Waals surface area contributed by atoms with Crippen molar-refractivity contribution in [3.8, 4) is 11.1 Å². The summed E-state index contributed by atoms with van der Waals surface area (Å²) in [7, 11) is 0. The molecule has 2 amide bonds. The molecule has 2 heterocycles. The van der Waals surface area contributed by atoms with E-state index in [1.54, 1.807) is 17.2 Å². The quantitative estimate of drug-likeness (QED) is 0.748. The summed E-state index contributed by atoms with van der Waals surface area (Å²) < 4.78 is 0. The number of amides is 2. The van der Waals surface area contributed by atoms with Crippen molar-refractivity contribution in [3.05, 3.63) is 90.3 Å². The van der Waals surface area contributed by atoms with E-state index in [2.05, 4.69) is 4.98 Å². The number of aromatic nitrogens is 1. The Kier molecular flexibility index (Phi) is 5.12. The molecule has 0 aliphatic carbocycles. The predicted octanol–water partition coefficient (Wildman–Crippen LogP) is 3.41. The van der Waals surface area contributed by atoms with Gasteiger partial charge in [-0.1, -0.05) is 54.6 Å². The smallest absolute Gasteiger partial charge is 0.254 e. The van der Waals surface area contributed by atoms with Gasteiger partial charge in [-0.2, -0.15) is 0 Å². The van der Waals surface area contributed by atoms with Crippen LogP contribution < -0.4 is 5.73 Å². The number of carbonyl (C=O) groups excluding carboxylic acids is 2. The van der Waals surface area contributed by atoms with Crippen LogP contribution in [0, 0.1) is 0 Å². The summed E-state index contributed by atoms with van der Waals surface area (Å²) in [6, 6.07) is 22.9. The van der Waals surface area contributed by atoms with Crippen molar-refractivity contribution in [1.29, 1.82) is 0 Å². The van der Waals surface area contributed by atoms with E-state index in [0.29, 0.717) is 30.6 Å².